The van der Waals surface area contributed by atoms with E-state index in [2.05, 4.69) is 9.97 Å². The fraction of sp³-hybridized carbons (Fsp3) is 0. The summed E-state index contributed by atoms with van der Waals surface area (Å²) in [4.78, 5) is 8.85. The number of hydrogen-bond acceptors (Lipinski definition) is 2. The number of hydrogen-bond donors (Lipinski definition) is 0. The Morgan fingerprint density at radius 1 is 0.667 bits per heavy atom. The van der Waals surface area contributed by atoms with Gasteiger partial charge >= 0.3 is 0 Å². The summed E-state index contributed by atoms with van der Waals surface area (Å²) < 4.78 is 0. The Bertz CT molecular complexity index is 826. The predicted octanol–water partition coefficient (Wildman–Crippen LogP) is 4.68. The van der Waals surface area contributed by atoms with Crippen LogP contribution in [-0.4, -0.2) is 9.97 Å². The summed E-state index contributed by atoms with van der Waals surface area (Å²) in [6, 6.07) is 11.6. The lowest BCUT2D eigenvalue weighted by Gasteiger charge is -2.11. The molecule has 4 aromatic rings. The highest BCUT2D eigenvalue weighted by atomic mass is 35.5. The second-order valence-electron chi connectivity index (χ2n) is 4.20. The molecule has 0 atom stereocenters. The van der Waals surface area contributed by atoms with Gasteiger partial charge in [0.05, 0.1) is 11.0 Å². The number of nitrogens with zero attached hydrogens (tertiary/aromatic N) is 2. The monoisotopic (exact) mass is 272 g/mol. The van der Waals surface area contributed by atoms with E-state index in [9.17, 15) is 0 Å². The van der Waals surface area contributed by atoms with E-state index in [1.807, 2.05) is 36.4 Å². The van der Waals surface area contributed by atoms with Crippen molar-refractivity contribution in [2.45, 2.75) is 0 Å². The van der Waals surface area contributed by atoms with Crippen LogP contribution in [0.1, 0.15) is 0 Å². The van der Waals surface area contributed by atoms with Gasteiger partial charge < -0.3 is 0 Å². The molecule has 2 aromatic carbocycles. The molecule has 0 N–H and O–H groups in total. The van der Waals surface area contributed by atoms with Crippen LogP contribution in [0.25, 0.3) is 32.6 Å². The molecular formula is C14H6Cl2N2. The Morgan fingerprint density at radius 2 is 1.11 bits per heavy atom. The van der Waals surface area contributed by atoms with Gasteiger partial charge in [-0.3, -0.25) is 0 Å². The van der Waals surface area contributed by atoms with Gasteiger partial charge in [0.2, 0.25) is 0 Å². The molecular weight excluding hydrogens is 267 g/mol. The van der Waals surface area contributed by atoms with Gasteiger partial charge in [-0.2, -0.15) is 0 Å². The largest absolute Gasteiger partial charge is 0.235 e. The fourth-order valence-electron chi connectivity index (χ4n) is 2.47. The van der Waals surface area contributed by atoms with Crippen molar-refractivity contribution >= 4 is 55.8 Å². The number of halogens is 2. The van der Waals surface area contributed by atoms with Gasteiger partial charge in [0.1, 0.15) is 10.3 Å². The number of pyridine rings is 2. The topological polar surface area (TPSA) is 25.8 Å². The third-order valence-corrected chi connectivity index (χ3v) is 3.79. The van der Waals surface area contributed by atoms with E-state index >= 15 is 0 Å². The van der Waals surface area contributed by atoms with Crippen LogP contribution in [-0.2, 0) is 0 Å². The van der Waals surface area contributed by atoms with Crippen molar-refractivity contribution in [1.29, 1.82) is 0 Å². The minimum Gasteiger partial charge on any atom is -0.235 e. The summed E-state index contributed by atoms with van der Waals surface area (Å²) in [5.41, 5.74) is 1.70. The van der Waals surface area contributed by atoms with Crippen molar-refractivity contribution in [2.75, 3.05) is 0 Å². The third kappa shape index (κ3) is 1.19. The van der Waals surface area contributed by atoms with Gasteiger partial charge in [-0.25, -0.2) is 9.97 Å². The minimum atomic E-state index is 0.504. The standard InChI is InChI=1S/C14H6Cl2N2/c15-13-7-3-1-5-9-11(7)12-8(14(16)17-9)4-2-6-10(12)18-13/h1-6H. The molecule has 4 heteroatoms. The van der Waals surface area contributed by atoms with Crippen LogP contribution in [0.5, 0.6) is 0 Å². The van der Waals surface area contributed by atoms with Crippen LogP contribution in [0.2, 0.25) is 10.3 Å². The molecule has 0 bridgehead atoms. The van der Waals surface area contributed by atoms with E-state index in [0.717, 1.165) is 32.6 Å². The van der Waals surface area contributed by atoms with Crippen LogP contribution in [0, 0.1) is 0 Å². The van der Waals surface area contributed by atoms with Crippen LogP contribution >= 0.6 is 23.2 Å². The highest BCUT2D eigenvalue weighted by molar-refractivity contribution is 6.41. The first-order chi connectivity index (χ1) is 8.75. The lowest BCUT2D eigenvalue weighted by molar-refractivity contribution is 1.41. The molecule has 0 fully saturated rings. The number of rotatable bonds is 0. The summed E-state index contributed by atoms with van der Waals surface area (Å²) in [5.74, 6) is 0. The van der Waals surface area contributed by atoms with Gasteiger partial charge in [0.15, 0.2) is 0 Å². The van der Waals surface area contributed by atoms with E-state index < -0.39 is 0 Å². The zero-order chi connectivity index (χ0) is 12.3. The van der Waals surface area contributed by atoms with E-state index in [4.69, 9.17) is 23.2 Å². The Morgan fingerprint density at radius 3 is 1.56 bits per heavy atom. The molecule has 0 aliphatic rings. The second-order valence-corrected chi connectivity index (χ2v) is 4.92. The summed E-state index contributed by atoms with van der Waals surface area (Å²) in [6.07, 6.45) is 0. The predicted molar refractivity (Wildman–Crippen MR) is 75.8 cm³/mol. The van der Waals surface area contributed by atoms with E-state index in [0.29, 0.717) is 10.3 Å². The highest BCUT2D eigenvalue weighted by Crippen LogP contribution is 2.37. The highest BCUT2D eigenvalue weighted by Gasteiger charge is 2.14. The molecule has 0 radical (unpaired) electrons. The zero-order valence-corrected chi connectivity index (χ0v) is 10.6. The molecule has 0 saturated heterocycles. The third-order valence-electron chi connectivity index (χ3n) is 3.22. The van der Waals surface area contributed by atoms with Gasteiger partial charge in [0, 0.05) is 21.5 Å². The normalized spacial score (nSPS) is 11.9. The molecule has 0 unspecified atom stereocenters. The molecule has 0 spiro atoms. The molecule has 0 saturated carbocycles. The minimum absolute atomic E-state index is 0.504. The van der Waals surface area contributed by atoms with E-state index in [-0.39, 0.29) is 0 Å². The molecule has 0 aliphatic heterocycles. The van der Waals surface area contributed by atoms with Gasteiger partial charge in [-0.05, 0) is 12.1 Å². The number of benzene rings is 2. The molecule has 0 amide bonds. The van der Waals surface area contributed by atoms with Crippen molar-refractivity contribution in [3.05, 3.63) is 46.7 Å². The Labute approximate surface area is 113 Å². The van der Waals surface area contributed by atoms with Crippen molar-refractivity contribution in [3.8, 4) is 0 Å². The second kappa shape index (κ2) is 3.44. The van der Waals surface area contributed by atoms with Crippen LogP contribution in [0.15, 0.2) is 36.4 Å². The Kier molecular flexibility index (Phi) is 1.97. The summed E-state index contributed by atoms with van der Waals surface area (Å²) in [7, 11) is 0. The molecule has 0 aliphatic carbocycles. The lowest BCUT2D eigenvalue weighted by Crippen LogP contribution is -1.91. The summed E-state index contributed by atoms with van der Waals surface area (Å²) in [6.45, 7) is 0. The zero-order valence-electron chi connectivity index (χ0n) is 9.11. The van der Waals surface area contributed by atoms with Crippen molar-refractivity contribution in [3.63, 3.8) is 0 Å². The molecule has 2 nitrogen and oxygen atoms in total. The maximum Gasteiger partial charge on any atom is 0.137 e. The number of aromatic nitrogens is 2. The molecule has 2 aromatic heterocycles. The molecule has 2 heterocycles. The van der Waals surface area contributed by atoms with Gasteiger partial charge in [-0.1, -0.05) is 47.5 Å². The quantitative estimate of drug-likeness (QED) is 0.343. The maximum atomic E-state index is 6.23. The molecule has 18 heavy (non-hydrogen) atoms. The van der Waals surface area contributed by atoms with Crippen molar-refractivity contribution < 1.29 is 0 Å². The smallest absolute Gasteiger partial charge is 0.137 e. The molecule has 4 rings (SSSR count). The summed E-state index contributed by atoms with van der Waals surface area (Å²) in [5, 5.41) is 4.92. The SMILES string of the molecule is Clc1nc2cccc3c(Cl)nc4cccc1c4c23. The summed E-state index contributed by atoms with van der Waals surface area (Å²) >= 11 is 12.5. The average molecular weight is 273 g/mol. The first-order valence-electron chi connectivity index (χ1n) is 5.51. The van der Waals surface area contributed by atoms with Crippen LogP contribution < -0.4 is 0 Å². The fourth-order valence-corrected chi connectivity index (χ4v) is 2.96. The van der Waals surface area contributed by atoms with Crippen molar-refractivity contribution in [2.24, 2.45) is 0 Å². The van der Waals surface area contributed by atoms with Crippen LogP contribution in [0.3, 0.4) is 0 Å². The Balaban J connectivity index is 2.50. The average Bonchev–Trinajstić information content (AvgIpc) is 2.38. The lowest BCUT2D eigenvalue weighted by atomic mass is 10.0. The Hall–Kier alpha value is -1.64. The van der Waals surface area contributed by atoms with Gasteiger partial charge in [-0.15, -0.1) is 0 Å². The first-order valence-corrected chi connectivity index (χ1v) is 6.27. The van der Waals surface area contributed by atoms with Crippen LogP contribution in [0.4, 0.5) is 0 Å². The van der Waals surface area contributed by atoms with E-state index in [1.165, 1.54) is 0 Å². The van der Waals surface area contributed by atoms with Crippen molar-refractivity contribution in [1.82, 2.24) is 9.97 Å². The maximum absolute atomic E-state index is 6.23. The first kappa shape index (κ1) is 10.3. The molecule has 86 valence electrons. The van der Waals surface area contributed by atoms with E-state index in [1.54, 1.807) is 0 Å². The van der Waals surface area contributed by atoms with Gasteiger partial charge in [0.25, 0.3) is 0 Å².